The van der Waals surface area contributed by atoms with Crippen LogP contribution >= 0.6 is 22.5 Å². The first-order valence-electron chi connectivity index (χ1n) is 3.71. The van der Waals surface area contributed by atoms with E-state index in [0.29, 0.717) is 11.3 Å². The molecule has 4 heteroatoms. The SMILES string of the molecule is COc1ccc(C(=O)CSS)cc1. The van der Waals surface area contributed by atoms with Gasteiger partial charge < -0.3 is 4.74 Å². The molecule has 0 aliphatic rings. The van der Waals surface area contributed by atoms with E-state index in [4.69, 9.17) is 4.74 Å². The highest BCUT2D eigenvalue weighted by Crippen LogP contribution is 2.14. The van der Waals surface area contributed by atoms with Gasteiger partial charge in [0.1, 0.15) is 5.75 Å². The van der Waals surface area contributed by atoms with Gasteiger partial charge >= 0.3 is 0 Å². The molecule has 0 bridgehead atoms. The average molecular weight is 214 g/mol. The molecule has 0 fully saturated rings. The zero-order chi connectivity index (χ0) is 9.68. The first-order chi connectivity index (χ1) is 6.27. The predicted octanol–water partition coefficient (Wildman–Crippen LogP) is 2.46. The van der Waals surface area contributed by atoms with Gasteiger partial charge in [0.25, 0.3) is 0 Å². The van der Waals surface area contributed by atoms with Crippen molar-refractivity contribution in [2.75, 3.05) is 12.9 Å². The summed E-state index contributed by atoms with van der Waals surface area (Å²) < 4.78 is 4.98. The molecule has 0 aromatic heterocycles. The molecule has 1 rings (SSSR count). The fourth-order valence-electron chi connectivity index (χ4n) is 0.919. The molecule has 0 aliphatic heterocycles. The molecule has 2 nitrogen and oxygen atoms in total. The molecule has 0 radical (unpaired) electrons. The number of hydrogen-bond acceptors (Lipinski definition) is 4. The van der Waals surface area contributed by atoms with E-state index in [9.17, 15) is 4.79 Å². The van der Waals surface area contributed by atoms with Crippen LogP contribution in [0.25, 0.3) is 0 Å². The van der Waals surface area contributed by atoms with Crippen molar-refractivity contribution < 1.29 is 9.53 Å². The van der Waals surface area contributed by atoms with E-state index in [1.807, 2.05) is 0 Å². The number of Topliss-reactive ketones (excluding diaryl/α,β-unsaturated/α-hetero) is 1. The van der Waals surface area contributed by atoms with E-state index in [-0.39, 0.29) is 5.78 Å². The largest absolute Gasteiger partial charge is 0.497 e. The lowest BCUT2D eigenvalue weighted by molar-refractivity contribution is 0.102. The molecule has 0 unspecified atom stereocenters. The van der Waals surface area contributed by atoms with Crippen LogP contribution in [0.15, 0.2) is 24.3 Å². The maximum Gasteiger partial charge on any atom is 0.173 e. The third-order valence-corrected chi connectivity index (χ3v) is 2.39. The Kier molecular flexibility index (Phi) is 4.18. The summed E-state index contributed by atoms with van der Waals surface area (Å²) in [4.78, 5) is 11.3. The summed E-state index contributed by atoms with van der Waals surface area (Å²) in [5, 5.41) is 0. The van der Waals surface area contributed by atoms with Crippen LogP contribution in [0, 0.1) is 0 Å². The number of ether oxygens (including phenoxy) is 1. The molecule has 13 heavy (non-hydrogen) atoms. The summed E-state index contributed by atoms with van der Waals surface area (Å²) >= 11 is 3.92. The van der Waals surface area contributed by atoms with Crippen molar-refractivity contribution in [3.8, 4) is 5.75 Å². The summed E-state index contributed by atoms with van der Waals surface area (Å²) in [6.07, 6.45) is 0. The second-order valence-electron chi connectivity index (χ2n) is 2.43. The molecule has 0 saturated heterocycles. The fourth-order valence-corrected chi connectivity index (χ4v) is 1.55. The predicted molar refractivity (Wildman–Crippen MR) is 58.8 cm³/mol. The van der Waals surface area contributed by atoms with Crippen LogP contribution in [0.5, 0.6) is 5.75 Å². The molecule has 1 aromatic carbocycles. The van der Waals surface area contributed by atoms with Crippen molar-refractivity contribution >= 4 is 28.2 Å². The van der Waals surface area contributed by atoms with Gasteiger partial charge in [0.2, 0.25) is 0 Å². The van der Waals surface area contributed by atoms with E-state index >= 15 is 0 Å². The third kappa shape index (κ3) is 2.97. The standard InChI is InChI=1S/C9H10O2S2/c1-11-8-4-2-7(3-5-8)9(10)6-13-12/h2-5,12H,6H2,1H3. The second-order valence-corrected chi connectivity index (χ2v) is 3.75. The minimum absolute atomic E-state index is 0.0858. The van der Waals surface area contributed by atoms with Gasteiger partial charge in [-0.1, -0.05) is 10.8 Å². The molecule has 0 aliphatic carbocycles. The van der Waals surface area contributed by atoms with Crippen molar-refractivity contribution in [3.63, 3.8) is 0 Å². The Hall–Kier alpha value is -0.610. The van der Waals surface area contributed by atoms with Crippen molar-refractivity contribution in [2.24, 2.45) is 0 Å². The molecular weight excluding hydrogens is 204 g/mol. The normalized spacial score (nSPS) is 9.69. The van der Waals surface area contributed by atoms with Gasteiger partial charge in [-0.3, -0.25) is 4.79 Å². The summed E-state index contributed by atoms with van der Waals surface area (Å²) in [5.74, 6) is 1.24. The number of methoxy groups -OCH3 is 1. The Labute approximate surface area is 86.5 Å². The molecule has 0 atom stereocenters. The van der Waals surface area contributed by atoms with E-state index in [2.05, 4.69) is 11.7 Å². The van der Waals surface area contributed by atoms with Gasteiger partial charge in [0, 0.05) is 5.56 Å². The Morgan fingerprint density at radius 3 is 2.54 bits per heavy atom. The van der Waals surface area contributed by atoms with Gasteiger partial charge in [-0.25, -0.2) is 0 Å². The minimum atomic E-state index is 0.0858. The smallest absolute Gasteiger partial charge is 0.173 e. The van der Waals surface area contributed by atoms with Crippen LogP contribution < -0.4 is 4.74 Å². The summed E-state index contributed by atoms with van der Waals surface area (Å²) in [6, 6.07) is 7.06. The van der Waals surface area contributed by atoms with Crippen LogP contribution in [0.1, 0.15) is 10.4 Å². The maximum atomic E-state index is 11.3. The van der Waals surface area contributed by atoms with Gasteiger partial charge in [0.05, 0.1) is 12.9 Å². The van der Waals surface area contributed by atoms with E-state index in [0.717, 1.165) is 5.75 Å². The van der Waals surface area contributed by atoms with Crippen molar-refractivity contribution in [1.82, 2.24) is 0 Å². The van der Waals surface area contributed by atoms with Crippen LogP contribution in [0.4, 0.5) is 0 Å². The first kappa shape index (κ1) is 10.5. The number of rotatable bonds is 4. The number of carbonyl (C=O) groups is 1. The van der Waals surface area contributed by atoms with Crippen LogP contribution in [-0.4, -0.2) is 18.6 Å². The highest BCUT2D eigenvalue weighted by Gasteiger charge is 2.04. The van der Waals surface area contributed by atoms with Gasteiger partial charge in [0.15, 0.2) is 5.78 Å². The lowest BCUT2D eigenvalue weighted by atomic mass is 10.1. The number of hydrogen-bond donors (Lipinski definition) is 1. The summed E-state index contributed by atoms with van der Waals surface area (Å²) in [5.41, 5.74) is 0.697. The summed E-state index contributed by atoms with van der Waals surface area (Å²) in [6.45, 7) is 0. The number of carbonyl (C=O) groups excluding carboxylic acids is 1. The monoisotopic (exact) mass is 214 g/mol. The lowest BCUT2D eigenvalue weighted by Gasteiger charge is -2.00. The van der Waals surface area contributed by atoms with E-state index in [1.54, 1.807) is 31.4 Å². The molecule has 0 amide bonds. The number of ketones is 1. The van der Waals surface area contributed by atoms with Crippen LogP contribution in [0.3, 0.4) is 0 Å². The number of thiol groups is 1. The Morgan fingerprint density at radius 2 is 2.08 bits per heavy atom. The molecule has 1 aromatic rings. The second kappa shape index (κ2) is 5.19. The highest BCUT2D eigenvalue weighted by molar-refractivity contribution is 8.68. The van der Waals surface area contributed by atoms with Crippen LogP contribution in [0.2, 0.25) is 0 Å². The Balaban J connectivity index is 2.74. The van der Waals surface area contributed by atoms with Gasteiger partial charge in [-0.15, -0.1) is 11.7 Å². The molecular formula is C9H10O2S2. The average Bonchev–Trinajstić information content (AvgIpc) is 2.18. The molecule has 0 N–H and O–H groups in total. The molecule has 0 heterocycles. The fraction of sp³-hybridized carbons (Fsp3) is 0.222. The summed E-state index contributed by atoms with van der Waals surface area (Å²) in [7, 11) is 2.83. The zero-order valence-corrected chi connectivity index (χ0v) is 8.90. The molecule has 0 saturated carbocycles. The maximum absolute atomic E-state index is 11.3. The highest BCUT2D eigenvalue weighted by atomic mass is 33.1. The van der Waals surface area contributed by atoms with Crippen molar-refractivity contribution in [1.29, 1.82) is 0 Å². The van der Waals surface area contributed by atoms with Crippen molar-refractivity contribution in [3.05, 3.63) is 29.8 Å². The Bertz CT molecular complexity index is 282. The quantitative estimate of drug-likeness (QED) is 0.474. The van der Waals surface area contributed by atoms with Gasteiger partial charge in [-0.05, 0) is 24.3 Å². The van der Waals surface area contributed by atoms with Crippen molar-refractivity contribution in [2.45, 2.75) is 0 Å². The minimum Gasteiger partial charge on any atom is -0.497 e. The van der Waals surface area contributed by atoms with Gasteiger partial charge in [-0.2, -0.15) is 0 Å². The topological polar surface area (TPSA) is 26.3 Å². The Morgan fingerprint density at radius 1 is 1.46 bits per heavy atom. The van der Waals surface area contributed by atoms with E-state index < -0.39 is 0 Å². The first-order valence-corrected chi connectivity index (χ1v) is 5.75. The lowest BCUT2D eigenvalue weighted by Crippen LogP contribution is -2.00. The molecule has 70 valence electrons. The third-order valence-electron chi connectivity index (χ3n) is 1.61. The number of benzene rings is 1. The van der Waals surface area contributed by atoms with E-state index in [1.165, 1.54) is 10.8 Å². The van der Waals surface area contributed by atoms with Crippen LogP contribution in [-0.2, 0) is 0 Å². The zero-order valence-electron chi connectivity index (χ0n) is 7.19. The molecule has 0 spiro atoms.